The van der Waals surface area contributed by atoms with Crippen molar-refractivity contribution in [2.75, 3.05) is 13.2 Å². The number of aliphatic hydroxyl groups excluding tert-OH is 2. The molecule has 1 atom stereocenters. The molecule has 0 saturated heterocycles. The normalized spacial score (nSPS) is 19.5. The smallest absolute Gasteiger partial charge is 0.123 e. The summed E-state index contributed by atoms with van der Waals surface area (Å²) in [6, 6.07) is 2.14. The molecule has 0 radical (unpaired) electrons. The summed E-state index contributed by atoms with van der Waals surface area (Å²) in [6.45, 7) is 7.04. The van der Waals surface area contributed by atoms with Crippen LogP contribution in [-0.2, 0) is 6.54 Å². The van der Waals surface area contributed by atoms with E-state index < -0.39 is 0 Å². The Morgan fingerprint density at radius 3 is 2.76 bits per heavy atom. The number of aryl methyl sites for hydroxylation is 1. The molecule has 1 aliphatic heterocycles. The van der Waals surface area contributed by atoms with Crippen LogP contribution in [-0.4, -0.2) is 28.5 Å². The highest BCUT2D eigenvalue weighted by Crippen LogP contribution is 2.37. The SMILES string of the molecule is C/C(=C\C=C(\O)CO)C1CNCc2c1cc(C)c(C)c2O. The zero-order valence-electron chi connectivity index (χ0n) is 12.8. The summed E-state index contributed by atoms with van der Waals surface area (Å²) in [7, 11) is 0. The van der Waals surface area contributed by atoms with Crippen molar-refractivity contribution in [3.63, 3.8) is 0 Å². The second kappa shape index (κ2) is 6.33. The second-order valence-electron chi connectivity index (χ2n) is 5.65. The lowest BCUT2D eigenvalue weighted by atomic mass is 9.83. The zero-order chi connectivity index (χ0) is 15.6. The van der Waals surface area contributed by atoms with Gasteiger partial charge in [-0.3, -0.25) is 0 Å². The van der Waals surface area contributed by atoms with Crippen molar-refractivity contribution in [2.24, 2.45) is 0 Å². The second-order valence-corrected chi connectivity index (χ2v) is 5.65. The van der Waals surface area contributed by atoms with Gasteiger partial charge in [0.1, 0.15) is 18.1 Å². The first kappa shape index (κ1) is 15.6. The van der Waals surface area contributed by atoms with Gasteiger partial charge < -0.3 is 20.6 Å². The molecular weight excluding hydrogens is 266 g/mol. The van der Waals surface area contributed by atoms with E-state index in [2.05, 4.69) is 11.4 Å². The molecule has 114 valence electrons. The summed E-state index contributed by atoms with van der Waals surface area (Å²) >= 11 is 0. The number of hydrogen-bond acceptors (Lipinski definition) is 4. The molecule has 0 aromatic heterocycles. The first-order chi connectivity index (χ1) is 9.95. The van der Waals surface area contributed by atoms with Crippen LogP contribution >= 0.6 is 0 Å². The van der Waals surface area contributed by atoms with Gasteiger partial charge in [0.25, 0.3) is 0 Å². The number of allylic oxidation sites excluding steroid dienone is 2. The molecule has 0 spiro atoms. The van der Waals surface area contributed by atoms with Gasteiger partial charge in [-0.2, -0.15) is 0 Å². The van der Waals surface area contributed by atoms with Gasteiger partial charge in [0.2, 0.25) is 0 Å². The largest absolute Gasteiger partial charge is 0.510 e. The average Bonchev–Trinajstić information content (AvgIpc) is 2.49. The number of aromatic hydroxyl groups is 1. The first-order valence-electron chi connectivity index (χ1n) is 7.15. The monoisotopic (exact) mass is 289 g/mol. The summed E-state index contributed by atoms with van der Waals surface area (Å²) in [4.78, 5) is 0. The fourth-order valence-corrected chi connectivity index (χ4v) is 2.73. The fourth-order valence-electron chi connectivity index (χ4n) is 2.73. The third-order valence-corrected chi connectivity index (χ3v) is 4.23. The highest BCUT2D eigenvalue weighted by Gasteiger charge is 2.24. The van der Waals surface area contributed by atoms with Crippen LogP contribution in [0.4, 0.5) is 0 Å². The number of phenolic OH excluding ortho intramolecular Hbond substituents is 1. The van der Waals surface area contributed by atoms with E-state index in [-0.39, 0.29) is 18.3 Å². The standard InChI is InChI=1S/C17H23NO3/c1-10(4-5-13(20)9-19)15-7-18-8-16-14(15)6-11(2)12(3)17(16)21/h4-6,15,18-21H,7-9H2,1-3H3/b10-4+,13-5+. The average molecular weight is 289 g/mol. The summed E-state index contributed by atoms with van der Waals surface area (Å²) < 4.78 is 0. The number of benzene rings is 1. The number of aliphatic hydroxyl groups is 2. The lowest BCUT2D eigenvalue weighted by Crippen LogP contribution is -2.29. The Morgan fingerprint density at radius 2 is 2.10 bits per heavy atom. The fraction of sp³-hybridized carbons (Fsp3) is 0.412. The maximum absolute atomic E-state index is 10.3. The van der Waals surface area contributed by atoms with E-state index in [0.717, 1.165) is 34.4 Å². The van der Waals surface area contributed by atoms with Crippen molar-refractivity contribution in [2.45, 2.75) is 33.2 Å². The van der Waals surface area contributed by atoms with Crippen molar-refractivity contribution in [3.05, 3.63) is 51.8 Å². The molecule has 21 heavy (non-hydrogen) atoms. The Kier molecular flexibility index (Phi) is 4.70. The summed E-state index contributed by atoms with van der Waals surface area (Å²) in [5.74, 6) is 0.478. The topological polar surface area (TPSA) is 72.7 Å². The van der Waals surface area contributed by atoms with Crippen LogP contribution in [0.2, 0.25) is 0 Å². The Balaban J connectivity index is 2.43. The molecule has 4 heteroatoms. The van der Waals surface area contributed by atoms with Crippen molar-refractivity contribution in [1.29, 1.82) is 0 Å². The van der Waals surface area contributed by atoms with Crippen molar-refractivity contribution in [3.8, 4) is 5.75 Å². The molecule has 0 saturated carbocycles. The van der Waals surface area contributed by atoms with Crippen LogP contribution in [0.25, 0.3) is 0 Å². The van der Waals surface area contributed by atoms with E-state index in [4.69, 9.17) is 5.11 Å². The van der Waals surface area contributed by atoms with Crippen molar-refractivity contribution >= 4 is 0 Å². The molecule has 0 aliphatic carbocycles. The Morgan fingerprint density at radius 1 is 1.38 bits per heavy atom. The molecule has 4 N–H and O–H groups in total. The third-order valence-electron chi connectivity index (χ3n) is 4.23. The van der Waals surface area contributed by atoms with Crippen molar-refractivity contribution in [1.82, 2.24) is 5.32 Å². The number of rotatable bonds is 3. The van der Waals surface area contributed by atoms with Gasteiger partial charge in [-0.25, -0.2) is 0 Å². The zero-order valence-corrected chi connectivity index (χ0v) is 12.8. The Bertz CT molecular complexity index is 603. The number of fused-ring (bicyclic) bond motifs is 1. The van der Waals surface area contributed by atoms with Crippen LogP contribution in [0, 0.1) is 13.8 Å². The lowest BCUT2D eigenvalue weighted by Gasteiger charge is -2.29. The van der Waals surface area contributed by atoms with Gasteiger partial charge in [0.15, 0.2) is 0 Å². The van der Waals surface area contributed by atoms with E-state index in [9.17, 15) is 10.2 Å². The van der Waals surface area contributed by atoms with Gasteiger partial charge in [-0.1, -0.05) is 17.7 Å². The summed E-state index contributed by atoms with van der Waals surface area (Å²) in [5.41, 5.74) is 5.18. The minimum Gasteiger partial charge on any atom is -0.510 e. The van der Waals surface area contributed by atoms with Gasteiger partial charge in [0, 0.05) is 24.6 Å². The predicted octanol–water partition coefficient (Wildman–Crippen LogP) is 2.58. The van der Waals surface area contributed by atoms with Gasteiger partial charge in [-0.05, 0) is 43.5 Å². The van der Waals surface area contributed by atoms with E-state index >= 15 is 0 Å². The van der Waals surface area contributed by atoms with E-state index in [1.54, 1.807) is 0 Å². The van der Waals surface area contributed by atoms with Crippen LogP contribution in [0.15, 0.2) is 29.6 Å². The number of phenols is 1. The van der Waals surface area contributed by atoms with Gasteiger partial charge >= 0.3 is 0 Å². The minimum atomic E-state index is -0.359. The van der Waals surface area contributed by atoms with Gasteiger partial charge in [0.05, 0.1) is 0 Å². The van der Waals surface area contributed by atoms with Crippen LogP contribution in [0.3, 0.4) is 0 Å². The molecular formula is C17H23NO3. The lowest BCUT2D eigenvalue weighted by molar-refractivity contribution is 0.253. The molecule has 1 aromatic carbocycles. The quantitative estimate of drug-likeness (QED) is 0.510. The minimum absolute atomic E-state index is 0.0544. The van der Waals surface area contributed by atoms with Crippen LogP contribution in [0.1, 0.15) is 35.1 Å². The van der Waals surface area contributed by atoms with Crippen LogP contribution < -0.4 is 5.32 Å². The molecule has 1 heterocycles. The molecule has 2 rings (SSSR count). The van der Waals surface area contributed by atoms with E-state index in [1.165, 1.54) is 6.08 Å². The van der Waals surface area contributed by atoms with Crippen LogP contribution in [0.5, 0.6) is 5.75 Å². The Labute approximate surface area is 125 Å². The predicted molar refractivity (Wildman–Crippen MR) is 83.6 cm³/mol. The van der Waals surface area contributed by atoms with Gasteiger partial charge in [-0.15, -0.1) is 0 Å². The maximum Gasteiger partial charge on any atom is 0.123 e. The molecule has 4 nitrogen and oxygen atoms in total. The first-order valence-corrected chi connectivity index (χ1v) is 7.15. The highest BCUT2D eigenvalue weighted by atomic mass is 16.3. The summed E-state index contributed by atoms with van der Waals surface area (Å²) in [5, 5.41) is 31.8. The summed E-state index contributed by atoms with van der Waals surface area (Å²) in [6.07, 6.45) is 3.34. The maximum atomic E-state index is 10.3. The van der Waals surface area contributed by atoms with Crippen molar-refractivity contribution < 1.29 is 15.3 Å². The Hall–Kier alpha value is -1.78. The molecule has 1 aromatic rings. The highest BCUT2D eigenvalue weighted by molar-refractivity contribution is 5.53. The molecule has 1 aliphatic rings. The van der Waals surface area contributed by atoms with E-state index in [1.807, 2.05) is 26.8 Å². The van der Waals surface area contributed by atoms with E-state index in [0.29, 0.717) is 12.3 Å². The molecule has 0 fully saturated rings. The number of nitrogens with one attached hydrogen (secondary N) is 1. The molecule has 0 amide bonds. The molecule has 1 unspecified atom stereocenters. The molecule has 0 bridgehead atoms. The number of hydrogen-bond donors (Lipinski definition) is 4. The third kappa shape index (κ3) is 3.12.